The lowest BCUT2D eigenvalue weighted by molar-refractivity contribution is 0.407. The standard InChI is InChI=1S/C15H18N2O3S/c1-11(2)14-9-13(6-7-15(14)20-3)21(18,19)17-12-5-4-8-16-10-12/h4-11,17H,1-3H3. The molecule has 1 aromatic carbocycles. The molecule has 0 radical (unpaired) electrons. The lowest BCUT2D eigenvalue weighted by Crippen LogP contribution is -2.13. The fourth-order valence-corrected chi connectivity index (χ4v) is 3.05. The van der Waals surface area contributed by atoms with Gasteiger partial charge in [-0.1, -0.05) is 13.8 Å². The van der Waals surface area contributed by atoms with Crippen LogP contribution in [0.3, 0.4) is 0 Å². The second-order valence-corrected chi connectivity index (χ2v) is 6.59. The van der Waals surface area contributed by atoms with Gasteiger partial charge in [-0.15, -0.1) is 0 Å². The van der Waals surface area contributed by atoms with Crippen LogP contribution in [0.2, 0.25) is 0 Å². The van der Waals surface area contributed by atoms with E-state index in [1.165, 1.54) is 12.3 Å². The minimum atomic E-state index is -3.64. The zero-order valence-electron chi connectivity index (χ0n) is 12.2. The molecule has 21 heavy (non-hydrogen) atoms. The van der Waals surface area contributed by atoms with E-state index in [1.807, 2.05) is 13.8 Å². The van der Waals surface area contributed by atoms with Crippen molar-refractivity contribution in [3.63, 3.8) is 0 Å². The molecule has 0 bridgehead atoms. The maximum Gasteiger partial charge on any atom is 0.261 e. The fraction of sp³-hybridized carbons (Fsp3) is 0.267. The van der Waals surface area contributed by atoms with Crippen molar-refractivity contribution in [3.05, 3.63) is 48.3 Å². The van der Waals surface area contributed by atoms with Crippen molar-refractivity contribution in [1.82, 2.24) is 4.98 Å². The normalized spacial score (nSPS) is 11.4. The Kier molecular flexibility index (Phi) is 4.47. The predicted octanol–water partition coefficient (Wildman–Crippen LogP) is 3.01. The third kappa shape index (κ3) is 3.52. The van der Waals surface area contributed by atoms with Crippen LogP contribution in [-0.4, -0.2) is 20.5 Å². The van der Waals surface area contributed by atoms with Gasteiger partial charge in [-0.3, -0.25) is 9.71 Å². The number of methoxy groups -OCH3 is 1. The molecule has 0 aliphatic rings. The van der Waals surface area contributed by atoms with Crippen molar-refractivity contribution in [1.29, 1.82) is 0 Å². The summed E-state index contributed by atoms with van der Waals surface area (Å²) >= 11 is 0. The summed E-state index contributed by atoms with van der Waals surface area (Å²) < 4.78 is 32.6. The van der Waals surface area contributed by atoms with Crippen molar-refractivity contribution in [2.24, 2.45) is 0 Å². The number of hydrogen-bond acceptors (Lipinski definition) is 4. The molecule has 0 saturated carbocycles. The van der Waals surface area contributed by atoms with Crippen LogP contribution < -0.4 is 9.46 Å². The van der Waals surface area contributed by atoms with E-state index in [2.05, 4.69) is 9.71 Å². The van der Waals surface area contributed by atoms with Gasteiger partial charge in [0, 0.05) is 6.20 Å². The lowest BCUT2D eigenvalue weighted by Gasteiger charge is -2.14. The second-order valence-electron chi connectivity index (χ2n) is 4.91. The van der Waals surface area contributed by atoms with E-state index < -0.39 is 10.0 Å². The van der Waals surface area contributed by atoms with Gasteiger partial charge in [-0.25, -0.2) is 8.42 Å². The number of rotatable bonds is 5. The van der Waals surface area contributed by atoms with Gasteiger partial charge in [-0.2, -0.15) is 0 Å². The monoisotopic (exact) mass is 306 g/mol. The number of nitrogens with one attached hydrogen (secondary N) is 1. The summed E-state index contributed by atoms with van der Waals surface area (Å²) in [7, 11) is -2.07. The van der Waals surface area contributed by atoms with E-state index in [0.29, 0.717) is 11.4 Å². The highest BCUT2D eigenvalue weighted by Crippen LogP contribution is 2.29. The number of aromatic nitrogens is 1. The Bertz CT molecular complexity index is 713. The molecule has 2 rings (SSSR count). The molecule has 1 N–H and O–H groups in total. The van der Waals surface area contributed by atoms with Gasteiger partial charge < -0.3 is 4.74 Å². The molecule has 0 spiro atoms. The predicted molar refractivity (Wildman–Crippen MR) is 82.1 cm³/mol. The highest BCUT2D eigenvalue weighted by atomic mass is 32.2. The number of sulfonamides is 1. The van der Waals surface area contributed by atoms with E-state index >= 15 is 0 Å². The molecule has 0 amide bonds. The van der Waals surface area contributed by atoms with Gasteiger partial charge in [0.15, 0.2) is 0 Å². The van der Waals surface area contributed by atoms with Gasteiger partial charge in [0.2, 0.25) is 0 Å². The number of benzene rings is 1. The van der Waals surface area contributed by atoms with Crippen LogP contribution >= 0.6 is 0 Å². The first kappa shape index (κ1) is 15.3. The smallest absolute Gasteiger partial charge is 0.261 e. The first-order valence-electron chi connectivity index (χ1n) is 6.55. The van der Waals surface area contributed by atoms with Crippen molar-refractivity contribution >= 4 is 15.7 Å². The molecule has 0 aliphatic carbocycles. The number of nitrogens with zero attached hydrogens (tertiary/aromatic N) is 1. The molecule has 2 aromatic rings. The third-order valence-electron chi connectivity index (χ3n) is 3.05. The molecule has 1 aromatic heterocycles. The van der Waals surface area contributed by atoms with Crippen molar-refractivity contribution in [2.45, 2.75) is 24.7 Å². The number of hydrogen-bond donors (Lipinski definition) is 1. The summed E-state index contributed by atoms with van der Waals surface area (Å²) in [4.78, 5) is 4.09. The van der Waals surface area contributed by atoms with Gasteiger partial charge in [0.1, 0.15) is 5.75 Å². The number of pyridine rings is 1. The quantitative estimate of drug-likeness (QED) is 0.922. The molecule has 0 fully saturated rings. The Morgan fingerprint density at radius 1 is 1.24 bits per heavy atom. The molecule has 5 nitrogen and oxygen atoms in total. The van der Waals surface area contributed by atoms with Crippen LogP contribution in [0.15, 0.2) is 47.6 Å². The van der Waals surface area contributed by atoms with Gasteiger partial charge in [0.25, 0.3) is 10.0 Å². The molecular weight excluding hydrogens is 288 g/mol. The topological polar surface area (TPSA) is 68.3 Å². The highest BCUT2D eigenvalue weighted by molar-refractivity contribution is 7.92. The Hall–Kier alpha value is -2.08. The van der Waals surface area contributed by atoms with Gasteiger partial charge >= 0.3 is 0 Å². The van der Waals surface area contributed by atoms with Crippen LogP contribution in [0, 0.1) is 0 Å². The van der Waals surface area contributed by atoms with E-state index in [9.17, 15) is 8.42 Å². The van der Waals surface area contributed by atoms with Crippen LogP contribution in [0.1, 0.15) is 25.3 Å². The molecule has 6 heteroatoms. The summed E-state index contributed by atoms with van der Waals surface area (Å²) in [5, 5.41) is 0. The molecule has 112 valence electrons. The first-order valence-corrected chi connectivity index (χ1v) is 8.03. The summed E-state index contributed by atoms with van der Waals surface area (Å²) in [5.41, 5.74) is 1.28. The van der Waals surface area contributed by atoms with Crippen molar-refractivity contribution < 1.29 is 13.2 Å². The molecule has 1 heterocycles. The van der Waals surface area contributed by atoms with Gasteiger partial charge in [-0.05, 0) is 41.8 Å². The average Bonchev–Trinajstić information content (AvgIpc) is 2.47. The fourth-order valence-electron chi connectivity index (χ4n) is 1.97. The largest absolute Gasteiger partial charge is 0.496 e. The maximum atomic E-state index is 12.4. The van der Waals surface area contributed by atoms with E-state index in [1.54, 1.807) is 37.6 Å². The summed E-state index contributed by atoms with van der Waals surface area (Å²) in [6.07, 6.45) is 3.05. The highest BCUT2D eigenvalue weighted by Gasteiger charge is 2.18. The number of ether oxygens (including phenoxy) is 1. The second kappa shape index (κ2) is 6.13. The van der Waals surface area contributed by atoms with Crippen molar-refractivity contribution in [3.8, 4) is 5.75 Å². The molecule has 0 unspecified atom stereocenters. The number of anilines is 1. The third-order valence-corrected chi connectivity index (χ3v) is 4.43. The first-order chi connectivity index (χ1) is 9.94. The van der Waals surface area contributed by atoms with Crippen LogP contribution in [0.25, 0.3) is 0 Å². The van der Waals surface area contributed by atoms with E-state index in [0.717, 1.165) is 5.56 Å². The van der Waals surface area contributed by atoms with Crippen LogP contribution in [-0.2, 0) is 10.0 Å². The SMILES string of the molecule is COc1ccc(S(=O)(=O)Nc2cccnc2)cc1C(C)C. The lowest BCUT2D eigenvalue weighted by atomic mass is 10.0. The Morgan fingerprint density at radius 3 is 2.57 bits per heavy atom. The van der Waals surface area contributed by atoms with E-state index in [4.69, 9.17) is 4.74 Å². The van der Waals surface area contributed by atoms with E-state index in [-0.39, 0.29) is 10.8 Å². The zero-order valence-corrected chi connectivity index (χ0v) is 13.0. The Balaban J connectivity index is 2.39. The molecular formula is C15H18N2O3S. The summed E-state index contributed by atoms with van der Waals surface area (Å²) in [5.74, 6) is 0.846. The molecule has 0 saturated heterocycles. The zero-order chi connectivity index (χ0) is 15.5. The summed E-state index contributed by atoms with van der Waals surface area (Å²) in [6.45, 7) is 3.98. The molecule has 0 aliphatic heterocycles. The van der Waals surface area contributed by atoms with Gasteiger partial charge in [0.05, 0.1) is 23.9 Å². The van der Waals surface area contributed by atoms with Crippen LogP contribution in [0.5, 0.6) is 5.75 Å². The Labute approximate surface area is 125 Å². The minimum absolute atomic E-state index is 0.161. The summed E-state index contributed by atoms with van der Waals surface area (Å²) in [6, 6.07) is 8.17. The minimum Gasteiger partial charge on any atom is -0.496 e. The Morgan fingerprint density at radius 2 is 2.00 bits per heavy atom. The van der Waals surface area contributed by atoms with Crippen molar-refractivity contribution in [2.75, 3.05) is 11.8 Å². The molecule has 0 atom stereocenters. The maximum absolute atomic E-state index is 12.4. The average molecular weight is 306 g/mol. The van der Waals surface area contributed by atoms with Crippen LogP contribution in [0.4, 0.5) is 5.69 Å².